The number of fused-ring (bicyclic) bond motifs is 6. The van der Waals surface area contributed by atoms with Crippen molar-refractivity contribution in [3.05, 3.63) is 108 Å². The summed E-state index contributed by atoms with van der Waals surface area (Å²) in [6, 6.07) is 29.7. The molecule has 1 fully saturated rings. The first kappa shape index (κ1) is 41.0. The standard InChI is InChI=1S/C48H52N8O5/c1-5-22-55(47(59)43(30-10-7-6-8-11-30)54-46(58)31-12-9-13-31)27-40-50-38-20-16-34-23-32(14-18-36(34)44(38)52-40)33-15-19-37-35(24-33)17-21-39-45(37)53-41(51-39)28-56(26-29(2)3)42(57)25-49-48(60)61-4/h6-8,10-11,14-21,23-24,29,31,43H,5,9,12-13,22,25-28H2,1-4H3,(H,49,60)(H,50,52)(H,51,53)(H,54,58)/t43-/m1/s1. The number of carbonyl (C=O) groups excluding carboxylic acids is 4. The van der Waals surface area contributed by atoms with E-state index in [2.05, 4.69) is 73.9 Å². The van der Waals surface area contributed by atoms with Crippen molar-refractivity contribution in [3.63, 3.8) is 0 Å². The van der Waals surface area contributed by atoms with Crippen LogP contribution in [0.2, 0.25) is 0 Å². The maximum atomic E-state index is 14.2. The largest absolute Gasteiger partial charge is 0.453 e. The molecule has 4 amide bonds. The number of H-pyrrole nitrogens is 2. The van der Waals surface area contributed by atoms with Crippen LogP contribution in [-0.2, 0) is 32.2 Å². The van der Waals surface area contributed by atoms with Crippen molar-refractivity contribution in [2.24, 2.45) is 11.8 Å². The molecule has 314 valence electrons. The SMILES string of the molecule is CCCN(Cc1nc2c(ccc3cc(-c4ccc5c(ccc6[nH]c(CN(CC(C)C)C(=O)CNC(=O)OC)nc65)c4)ccc32)[nH]1)C(=O)[C@H](NC(=O)C1CCC1)c1ccccc1. The molecule has 0 spiro atoms. The molecule has 1 saturated carbocycles. The minimum absolute atomic E-state index is 0.0334. The third kappa shape index (κ3) is 8.91. The molecule has 5 aromatic carbocycles. The monoisotopic (exact) mass is 820 g/mol. The van der Waals surface area contributed by atoms with Gasteiger partial charge in [0.05, 0.1) is 42.3 Å². The zero-order chi connectivity index (χ0) is 42.6. The second kappa shape index (κ2) is 17.8. The van der Waals surface area contributed by atoms with Gasteiger partial charge in [0, 0.05) is 29.8 Å². The van der Waals surface area contributed by atoms with E-state index in [-0.39, 0.29) is 49.2 Å². The molecule has 8 rings (SSSR count). The highest BCUT2D eigenvalue weighted by Gasteiger charge is 2.32. The van der Waals surface area contributed by atoms with Gasteiger partial charge in [-0.3, -0.25) is 14.4 Å². The molecule has 13 nitrogen and oxygen atoms in total. The first-order valence-corrected chi connectivity index (χ1v) is 21.1. The summed E-state index contributed by atoms with van der Waals surface area (Å²) >= 11 is 0. The number of ether oxygens (including phenoxy) is 1. The fourth-order valence-electron chi connectivity index (χ4n) is 8.19. The molecule has 61 heavy (non-hydrogen) atoms. The van der Waals surface area contributed by atoms with Gasteiger partial charge in [-0.1, -0.05) is 93.9 Å². The van der Waals surface area contributed by atoms with E-state index in [1.165, 1.54) is 7.11 Å². The number of amides is 4. The average Bonchev–Trinajstić information content (AvgIpc) is 3.87. The van der Waals surface area contributed by atoms with Gasteiger partial charge in [-0.15, -0.1) is 0 Å². The number of hydrogen-bond donors (Lipinski definition) is 4. The summed E-state index contributed by atoms with van der Waals surface area (Å²) in [6.45, 7) is 7.56. The molecule has 2 aromatic heterocycles. The summed E-state index contributed by atoms with van der Waals surface area (Å²) in [5.41, 5.74) is 6.32. The Morgan fingerprint density at radius 2 is 1.38 bits per heavy atom. The van der Waals surface area contributed by atoms with Crippen LogP contribution in [0.1, 0.15) is 69.7 Å². The molecule has 2 heterocycles. The van der Waals surface area contributed by atoms with E-state index in [4.69, 9.17) is 9.97 Å². The lowest BCUT2D eigenvalue weighted by Gasteiger charge is -2.30. The van der Waals surface area contributed by atoms with Crippen molar-refractivity contribution in [3.8, 4) is 11.1 Å². The van der Waals surface area contributed by atoms with Crippen LogP contribution in [-0.4, -0.2) is 80.3 Å². The van der Waals surface area contributed by atoms with Gasteiger partial charge in [0.15, 0.2) is 0 Å². The summed E-state index contributed by atoms with van der Waals surface area (Å²) in [5, 5.41) is 9.64. The zero-order valence-electron chi connectivity index (χ0n) is 35.1. The molecular formula is C48H52N8O5. The lowest BCUT2D eigenvalue weighted by atomic mass is 9.84. The maximum Gasteiger partial charge on any atom is 0.407 e. The Morgan fingerprint density at radius 3 is 1.90 bits per heavy atom. The van der Waals surface area contributed by atoms with Crippen LogP contribution in [0.15, 0.2) is 91.0 Å². The molecule has 1 aliphatic carbocycles. The number of methoxy groups -OCH3 is 1. The van der Waals surface area contributed by atoms with Gasteiger partial charge in [-0.05, 0) is 76.9 Å². The van der Waals surface area contributed by atoms with E-state index in [9.17, 15) is 19.2 Å². The van der Waals surface area contributed by atoms with E-state index in [1.807, 2.05) is 63.2 Å². The number of imidazole rings is 2. The van der Waals surface area contributed by atoms with Gasteiger partial charge in [0.2, 0.25) is 17.7 Å². The lowest BCUT2D eigenvalue weighted by molar-refractivity contribution is -0.139. The number of nitrogens with one attached hydrogen (secondary N) is 4. The van der Waals surface area contributed by atoms with Crippen LogP contribution < -0.4 is 10.6 Å². The molecule has 0 saturated heterocycles. The number of benzene rings is 5. The Labute approximate surface area is 354 Å². The third-order valence-corrected chi connectivity index (χ3v) is 11.5. The van der Waals surface area contributed by atoms with Gasteiger partial charge >= 0.3 is 6.09 Å². The normalized spacial score (nSPS) is 13.4. The van der Waals surface area contributed by atoms with Crippen LogP contribution in [0.5, 0.6) is 0 Å². The molecular weight excluding hydrogens is 769 g/mol. The fourth-order valence-corrected chi connectivity index (χ4v) is 8.19. The summed E-state index contributed by atoms with van der Waals surface area (Å²) in [6.07, 6.45) is 2.87. The Balaban J connectivity index is 1.02. The predicted octanol–water partition coefficient (Wildman–Crippen LogP) is 8.15. The number of aromatic amines is 2. The zero-order valence-corrected chi connectivity index (χ0v) is 35.1. The Hall–Kier alpha value is -6.76. The van der Waals surface area contributed by atoms with Gasteiger partial charge in [0.1, 0.15) is 24.2 Å². The molecule has 0 aliphatic heterocycles. The fraction of sp³-hybridized carbons (Fsp3) is 0.333. The highest BCUT2D eigenvalue weighted by atomic mass is 16.5. The minimum atomic E-state index is -0.769. The Morgan fingerprint density at radius 1 is 0.787 bits per heavy atom. The first-order valence-electron chi connectivity index (χ1n) is 21.1. The number of alkyl carbamates (subject to hydrolysis) is 1. The molecule has 1 aliphatic rings. The first-order chi connectivity index (χ1) is 29.6. The number of rotatable bonds is 15. The van der Waals surface area contributed by atoms with Crippen molar-refractivity contribution in [1.29, 1.82) is 0 Å². The van der Waals surface area contributed by atoms with Crippen molar-refractivity contribution < 1.29 is 23.9 Å². The Bertz CT molecular complexity index is 2740. The lowest BCUT2D eigenvalue weighted by Crippen LogP contribution is -2.45. The summed E-state index contributed by atoms with van der Waals surface area (Å²) in [7, 11) is 1.27. The number of nitrogens with zero attached hydrogens (tertiary/aromatic N) is 4. The average molecular weight is 821 g/mol. The molecule has 0 unspecified atom stereocenters. The minimum Gasteiger partial charge on any atom is -0.453 e. The van der Waals surface area contributed by atoms with E-state index in [1.54, 1.807) is 9.80 Å². The second-order valence-electron chi connectivity index (χ2n) is 16.4. The second-order valence-corrected chi connectivity index (χ2v) is 16.4. The smallest absolute Gasteiger partial charge is 0.407 e. The summed E-state index contributed by atoms with van der Waals surface area (Å²) in [4.78, 5) is 72.3. The quantitative estimate of drug-likeness (QED) is 0.0811. The molecule has 7 aromatic rings. The number of hydrogen-bond acceptors (Lipinski definition) is 7. The summed E-state index contributed by atoms with van der Waals surface area (Å²) < 4.78 is 4.62. The van der Waals surface area contributed by atoms with E-state index < -0.39 is 12.1 Å². The number of carbonyl (C=O) groups is 4. The van der Waals surface area contributed by atoms with Gasteiger partial charge < -0.3 is 35.1 Å². The third-order valence-electron chi connectivity index (χ3n) is 11.5. The molecule has 0 radical (unpaired) electrons. The molecule has 13 heteroatoms. The van der Waals surface area contributed by atoms with Crippen molar-refractivity contribution in [2.45, 2.75) is 65.6 Å². The molecule has 0 bridgehead atoms. The van der Waals surface area contributed by atoms with E-state index in [0.29, 0.717) is 24.7 Å². The van der Waals surface area contributed by atoms with Gasteiger partial charge in [-0.25, -0.2) is 14.8 Å². The van der Waals surface area contributed by atoms with Gasteiger partial charge in [-0.2, -0.15) is 0 Å². The van der Waals surface area contributed by atoms with Crippen molar-refractivity contribution >= 4 is 67.4 Å². The summed E-state index contributed by atoms with van der Waals surface area (Å²) in [5.74, 6) is 1.11. The van der Waals surface area contributed by atoms with Crippen LogP contribution in [0.25, 0.3) is 54.7 Å². The molecule has 1 atom stereocenters. The van der Waals surface area contributed by atoms with E-state index >= 15 is 0 Å². The highest BCUT2D eigenvalue weighted by Crippen LogP contribution is 2.33. The molecule has 4 N–H and O–H groups in total. The van der Waals surface area contributed by atoms with Crippen LogP contribution in [0.4, 0.5) is 4.79 Å². The van der Waals surface area contributed by atoms with E-state index in [0.717, 1.165) is 86.0 Å². The van der Waals surface area contributed by atoms with Gasteiger partial charge in [0.25, 0.3) is 0 Å². The highest BCUT2D eigenvalue weighted by molar-refractivity contribution is 6.07. The predicted molar refractivity (Wildman–Crippen MR) is 237 cm³/mol. The topological polar surface area (TPSA) is 165 Å². The van der Waals surface area contributed by atoms with Crippen LogP contribution >= 0.6 is 0 Å². The van der Waals surface area contributed by atoms with Crippen molar-refractivity contribution in [2.75, 3.05) is 26.7 Å². The Kier molecular flexibility index (Phi) is 12.0. The maximum absolute atomic E-state index is 14.2. The van der Waals surface area contributed by atoms with Crippen LogP contribution in [0, 0.1) is 11.8 Å². The number of aromatic nitrogens is 4. The van der Waals surface area contributed by atoms with Crippen LogP contribution in [0.3, 0.4) is 0 Å². The van der Waals surface area contributed by atoms with Crippen molar-refractivity contribution in [1.82, 2.24) is 40.4 Å².